The van der Waals surface area contributed by atoms with E-state index in [-0.39, 0.29) is 6.04 Å². The van der Waals surface area contributed by atoms with Gasteiger partial charge in [-0.3, -0.25) is 9.80 Å². The molecule has 2 fully saturated rings. The number of rotatable bonds is 4. The van der Waals surface area contributed by atoms with Crippen molar-refractivity contribution in [2.24, 2.45) is 5.73 Å². The summed E-state index contributed by atoms with van der Waals surface area (Å²) >= 11 is 0. The van der Waals surface area contributed by atoms with E-state index in [1.165, 1.54) is 51.0 Å². The van der Waals surface area contributed by atoms with Gasteiger partial charge in [0.05, 0.1) is 0 Å². The van der Waals surface area contributed by atoms with Crippen LogP contribution in [-0.4, -0.2) is 54.6 Å². The summed E-state index contributed by atoms with van der Waals surface area (Å²) < 4.78 is 0. The average molecular weight is 273 g/mol. The van der Waals surface area contributed by atoms with Gasteiger partial charge in [0.2, 0.25) is 0 Å². The van der Waals surface area contributed by atoms with Crippen LogP contribution >= 0.6 is 0 Å². The molecule has 2 aliphatic rings. The molecular weight excluding hydrogens is 246 g/mol. The first kappa shape index (κ1) is 14.1. The van der Waals surface area contributed by atoms with Gasteiger partial charge in [0.25, 0.3) is 0 Å². The zero-order valence-corrected chi connectivity index (χ0v) is 12.4. The van der Waals surface area contributed by atoms with Crippen molar-refractivity contribution >= 4 is 0 Å². The van der Waals surface area contributed by atoms with Crippen molar-refractivity contribution in [1.82, 2.24) is 9.80 Å². The number of nitrogens with zero attached hydrogens (tertiary/aromatic N) is 2. The summed E-state index contributed by atoms with van der Waals surface area (Å²) in [6.45, 7) is 6.01. The fraction of sp³-hybridized carbons (Fsp3) is 0.647. The third-order valence-electron chi connectivity index (χ3n) is 4.75. The largest absolute Gasteiger partial charge is 0.326 e. The van der Waals surface area contributed by atoms with Crippen LogP contribution < -0.4 is 5.73 Å². The van der Waals surface area contributed by atoms with Gasteiger partial charge in [-0.15, -0.1) is 0 Å². The number of piperidine rings is 1. The standard InChI is InChI=1S/C17H27N3/c18-16(12-15-6-2-1-3-7-15)13-19-10-11-20-9-5-4-8-17(20)14-19/h1-3,6-7,16-17H,4-5,8-14,18H2. The molecule has 0 spiro atoms. The Hall–Kier alpha value is -0.900. The number of piperazine rings is 1. The number of hydrogen-bond donors (Lipinski definition) is 1. The van der Waals surface area contributed by atoms with Crippen molar-refractivity contribution < 1.29 is 0 Å². The topological polar surface area (TPSA) is 32.5 Å². The Morgan fingerprint density at radius 1 is 1.10 bits per heavy atom. The smallest absolute Gasteiger partial charge is 0.0223 e. The minimum Gasteiger partial charge on any atom is -0.326 e. The normalized spacial score (nSPS) is 26.1. The second-order valence-corrected chi connectivity index (χ2v) is 6.39. The maximum absolute atomic E-state index is 6.35. The van der Waals surface area contributed by atoms with Crippen molar-refractivity contribution in [1.29, 1.82) is 0 Å². The summed E-state index contributed by atoms with van der Waals surface area (Å²) in [5.41, 5.74) is 7.71. The predicted molar refractivity (Wildman–Crippen MR) is 83.8 cm³/mol. The SMILES string of the molecule is NC(Cc1ccccc1)CN1CCN2CCCCC2C1. The van der Waals surface area contributed by atoms with Gasteiger partial charge in [-0.25, -0.2) is 0 Å². The highest BCUT2D eigenvalue weighted by Crippen LogP contribution is 2.21. The molecule has 2 N–H and O–H groups in total. The molecule has 3 rings (SSSR count). The van der Waals surface area contributed by atoms with Gasteiger partial charge in [-0.05, 0) is 31.4 Å². The Balaban J connectivity index is 1.48. The highest BCUT2D eigenvalue weighted by molar-refractivity contribution is 5.15. The molecule has 2 aliphatic heterocycles. The Morgan fingerprint density at radius 3 is 2.80 bits per heavy atom. The summed E-state index contributed by atoms with van der Waals surface area (Å²) in [5.74, 6) is 0. The van der Waals surface area contributed by atoms with Crippen LogP contribution in [0.5, 0.6) is 0 Å². The molecule has 0 radical (unpaired) electrons. The van der Waals surface area contributed by atoms with E-state index in [0.717, 1.165) is 19.0 Å². The van der Waals surface area contributed by atoms with Crippen LogP contribution in [0.25, 0.3) is 0 Å². The number of nitrogens with two attached hydrogens (primary N) is 1. The lowest BCUT2D eigenvalue weighted by atomic mass is 9.98. The third kappa shape index (κ3) is 3.60. The van der Waals surface area contributed by atoms with Gasteiger partial charge in [0, 0.05) is 38.3 Å². The molecule has 2 saturated heterocycles. The molecule has 110 valence electrons. The first-order chi connectivity index (χ1) is 9.81. The lowest BCUT2D eigenvalue weighted by Gasteiger charge is -2.44. The van der Waals surface area contributed by atoms with Crippen LogP contribution in [0.4, 0.5) is 0 Å². The Morgan fingerprint density at radius 2 is 1.95 bits per heavy atom. The summed E-state index contributed by atoms with van der Waals surface area (Å²) in [4.78, 5) is 5.27. The highest BCUT2D eigenvalue weighted by atomic mass is 15.3. The first-order valence-corrected chi connectivity index (χ1v) is 8.07. The van der Waals surface area contributed by atoms with E-state index in [2.05, 4.69) is 40.1 Å². The van der Waals surface area contributed by atoms with Crippen molar-refractivity contribution in [2.75, 3.05) is 32.7 Å². The summed E-state index contributed by atoms with van der Waals surface area (Å²) in [5, 5.41) is 0. The maximum Gasteiger partial charge on any atom is 0.0223 e. The van der Waals surface area contributed by atoms with Crippen molar-refractivity contribution in [3.63, 3.8) is 0 Å². The first-order valence-electron chi connectivity index (χ1n) is 8.07. The summed E-state index contributed by atoms with van der Waals surface area (Å²) in [6, 6.07) is 11.7. The Kier molecular flexibility index (Phi) is 4.71. The molecule has 2 heterocycles. The lowest BCUT2D eigenvalue weighted by Crippen LogP contribution is -2.56. The average Bonchev–Trinajstić information content (AvgIpc) is 2.48. The van der Waals surface area contributed by atoms with Gasteiger partial charge < -0.3 is 5.73 Å². The van der Waals surface area contributed by atoms with E-state index >= 15 is 0 Å². The third-order valence-corrected chi connectivity index (χ3v) is 4.75. The zero-order valence-electron chi connectivity index (χ0n) is 12.4. The number of fused-ring (bicyclic) bond motifs is 1. The van der Waals surface area contributed by atoms with Gasteiger partial charge in [-0.1, -0.05) is 36.8 Å². The molecule has 3 nitrogen and oxygen atoms in total. The molecule has 0 aliphatic carbocycles. The summed E-state index contributed by atoms with van der Waals surface area (Å²) in [7, 11) is 0. The number of benzene rings is 1. The minimum atomic E-state index is 0.257. The lowest BCUT2D eigenvalue weighted by molar-refractivity contribution is 0.0467. The molecule has 2 unspecified atom stereocenters. The maximum atomic E-state index is 6.35. The van der Waals surface area contributed by atoms with E-state index in [9.17, 15) is 0 Å². The van der Waals surface area contributed by atoms with E-state index in [1.54, 1.807) is 0 Å². The molecule has 20 heavy (non-hydrogen) atoms. The second kappa shape index (κ2) is 6.70. The van der Waals surface area contributed by atoms with Crippen LogP contribution in [0, 0.1) is 0 Å². The van der Waals surface area contributed by atoms with Gasteiger partial charge >= 0.3 is 0 Å². The van der Waals surface area contributed by atoms with Crippen LogP contribution in [0.3, 0.4) is 0 Å². The second-order valence-electron chi connectivity index (χ2n) is 6.39. The van der Waals surface area contributed by atoms with Gasteiger partial charge in [0.15, 0.2) is 0 Å². The highest BCUT2D eigenvalue weighted by Gasteiger charge is 2.29. The van der Waals surface area contributed by atoms with Crippen LogP contribution in [-0.2, 0) is 6.42 Å². The molecule has 3 heteroatoms. The molecule has 0 saturated carbocycles. The Bertz CT molecular complexity index is 406. The summed E-state index contributed by atoms with van der Waals surface area (Å²) in [6.07, 6.45) is 5.17. The van der Waals surface area contributed by atoms with E-state index in [1.807, 2.05) is 0 Å². The van der Waals surface area contributed by atoms with Crippen molar-refractivity contribution in [2.45, 2.75) is 37.8 Å². The molecule has 1 aromatic rings. The van der Waals surface area contributed by atoms with E-state index in [0.29, 0.717) is 0 Å². The molecular formula is C17H27N3. The van der Waals surface area contributed by atoms with Gasteiger partial charge in [-0.2, -0.15) is 0 Å². The minimum absolute atomic E-state index is 0.257. The quantitative estimate of drug-likeness (QED) is 0.907. The molecule has 0 aromatic heterocycles. The molecule has 2 atom stereocenters. The van der Waals surface area contributed by atoms with Crippen LogP contribution in [0.2, 0.25) is 0 Å². The zero-order chi connectivity index (χ0) is 13.8. The fourth-order valence-corrected chi connectivity index (χ4v) is 3.70. The van der Waals surface area contributed by atoms with Crippen LogP contribution in [0.1, 0.15) is 24.8 Å². The Labute approximate surface area is 122 Å². The fourth-order valence-electron chi connectivity index (χ4n) is 3.70. The molecule has 1 aromatic carbocycles. The van der Waals surface area contributed by atoms with Crippen LogP contribution in [0.15, 0.2) is 30.3 Å². The van der Waals surface area contributed by atoms with E-state index < -0.39 is 0 Å². The monoisotopic (exact) mass is 273 g/mol. The van der Waals surface area contributed by atoms with Gasteiger partial charge in [0.1, 0.15) is 0 Å². The van der Waals surface area contributed by atoms with Crippen molar-refractivity contribution in [3.05, 3.63) is 35.9 Å². The predicted octanol–water partition coefficient (Wildman–Crippen LogP) is 1.73. The number of hydrogen-bond acceptors (Lipinski definition) is 3. The molecule has 0 amide bonds. The molecule has 0 bridgehead atoms. The van der Waals surface area contributed by atoms with E-state index in [4.69, 9.17) is 5.73 Å². The van der Waals surface area contributed by atoms with Crippen molar-refractivity contribution in [3.8, 4) is 0 Å².